The van der Waals surface area contributed by atoms with E-state index in [2.05, 4.69) is 37.0 Å². The number of halogens is 3. The van der Waals surface area contributed by atoms with E-state index < -0.39 is 0 Å². The van der Waals surface area contributed by atoms with Crippen molar-refractivity contribution in [2.45, 2.75) is 19.9 Å². The minimum absolute atomic E-state index is 0.135. The van der Waals surface area contributed by atoms with Crippen LogP contribution < -0.4 is 0 Å². The Balaban J connectivity index is 2.49. The summed E-state index contributed by atoms with van der Waals surface area (Å²) in [6, 6.07) is 5.23. The molecule has 19 heavy (non-hydrogen) atoms. The molecule has 0 saturated heterocycles. The summed E-state index contributed by atoms with van der Waals surface area (Å²) >= 11 is 12.8. The second-order valence-corrected chi connectivity index (χ2v) is 6.19. The lowest BCUT2D eigenvalue weighted by atomic mass is 10.1. The lowest BCUT2D eigenvalue weighted by Gasteiger charge is -2.08. The number of nitrogens with zero attached hydrogens (tertiary/aromatic N) is 2. The van der Waals surface area contributed by atoms with Crippen molar-refractivity contribution in [2.75, 3.05) is 0 Å². The Labute approximate surface area is 133 Å². The summed E-state index contributed by atoms with van der Waals surface area (Å²) in [5.41, 5.74) is 0.997. The maximum Gasteiger partial charge on any atom is 0.213 e. The van der Waals surface area contributed by atoms with Crippen LogP contribution in [0.1, 0.15) is 29.4 Å². The van der Waals surface area contributed by atoms with Crippen LogP contribution in [-0.2, 0) is 6.54 Å². The maximum atomic E-state index is 12.6. The maximum absolute atomic E-state index is 12.6. The van der Waals surface area contributed by atoms with E-state index >= 15 is 0 Å². The van der Waals surface area contributed by atoms with Gasteiger partial charge in [-0.2, -0.15) is 5.10 Å². The van der Waals surface area contributed by atoms with Gasteiger partial charge in [0.1, 0.15) is 5.69 Å². The van der Waals surface area contributed by atoms with Crippen LogP contribution in [0.3, 0.4) is 0 Å². The first-order valence-electron chi connectivity index (χ1n) is 5.75. The number of hydrogen-bond acceptors (Lipinski definition) is 2. The molecule has 0 aliphatic rings. The van der Waals surface area contributed by atoms with Gasteiger partial charge in [-0.3, -0.25) is 9.48 Å². The number of hydrogen-bond donors (Lipinski definition) is 0. The molecule has 6 heteroatoms. The van der Waals surface area contributed by atoms with Gasteiger partial charge in [-0.25, -0.2) is 0 Å². The van der Waals surface area contributed by atoms with Crippen molar-refractivity contribution in [1.82, 2.24) is 9.78 Å². The number of rotatable bonds is 4. The number of benzene rings is 1. The first kappa shape index (κ1) is 14.8. The third-order valence-corrected chi connectivity index (χ3v) is 4.02. The molecule has 1 aromatic heterocycles. The predicted molar refractivity (Wildman–Crippen MR) is 82.8 cm³/mol. The van der Waals surface area contributed by atoms with Gasteiger partial charge < -0.3 is 0 Å². The molecule has 2 rings (SSSR count). The van der Waals surface area contributed by atoms with Crippen LogP contribution in [0.2, 0.25) is 5.02 Å². The quantitative estimate of drug-likeness (QED) is 0.690. The molecule has 0 fully saturated rings. The van der Waals surface area contributed by atoms with Crippen LogP contribution in [-0.4, -0.2) is 15.6 Å². The lowest BCUT2D eigenvalue weighted by molar-refractivity contribution is 0.102. The third-order valence-electron chi connectivity index (χ3n) is 2.62. The smallest absolute Gasteiger partial charge is 0.213 e. The topological polar surface area (TPSA) is 34.9 Å². The molecule has 1 heterocycles. The third kappa shape index (κ3) is 3.09. The monoisotopic (exact) mass is 404 g/mol. The molecule has 3 nitrogen and oxygen atoms in total. The average molecular weight is 407 g/mol. The minimum atomic E-state index is -0.135. The van der Waals surface area contributed by atoms with Gasteiger partial charge in [0.05, 0.1) is 15.7 Å². The van der Waals surface area contributed by atoms with E-state index in [9.17, 15) is 4.79 Å². The normalized spacial score (nSPS) is 10.7. The molecule has 100 valence electrons. The van der Waals surface area contributed by atoms with E-state index in [0.29, 0.717) is 27.3 Å². The van der Waals surface area contributed by atoms with Crippen LogP contribution in [0.15, 0.2) is 33.3 Å². The van der Waals surface area contributed by atoms with E-state index in [4.69, 9.17) is 11.6 Å². The van der Waals surface area contributed by atoms with E-state index in [0.717, 1.165) is 10.9 Å². The van der Waals surface area contributed by atoms with Gasteiger partial charge in [0, 0.05) is 16.6 Å². The molecule has 0 unspecified atom stereocenters. The highest BCUT2D eigenvalue weighted by molar-refractivity contribution is 9.10. The lowest BCUT2D eigenvalue weighted by Crippen LogP contribution is -2.12. The second-order valence-electron chi connectivity index (χ2n) is 4.02. The van der Waals surface area contributed by atoms with Crippen molar-refractivity contribution in [3.8, 4) is 0 Å². The Morgan fingerprint density at radius 1 is 1.42 bits per heavy atom. The summed E-state index contributed by atoms with van der Waals surface area (Å²) in [5, 5.41) is 4.63. The Morgan fingerprint density at radius 3 is 2.84 bits per heavy atom. The van der Waals surface area contributed by atoms with Gasteiger partial charge in [0.15, 0.2) is 0 Å². The average Bonchev–Trinajstić information content (AvgIpc) is 2.73. The van der Waals surface area contributed by atoms with Gasteiger partial charge >= 0.3 is 0 Å². The fourth-order valence-corrected chi connectivity index (χ4v) is 2.81. The Kier molecular flexibility index (Phi) is 4.81. The van der Waals surface area contributed by atoms with Crippen LogP contribution >= 0.6 is 43.5 Å². The molecule has 0 aliphatic heterocycles. The van der Waals surface area contributed by atoms with Crippen molar-refractivity contribution < 1.29 is 4.79 Å². The van der Waals surface area contributed by atoms with Gasteiger partial charge in [-0.15, -0.1) is 0 Å². The van der Waals surface area contributed by atoms with Crippen molar-refractivity contribution in [3.63, 3.8) is 0 Å². The van der Waals surface area contributed by atoms with Gasteiger partial charge in [0.2, 0.25) is 5.78 Å². The Hall–Kier alpha value is -0.650. The van der Waals surface area contributed by atoms with E-state index in [1.807, 2.05) is 6.92 Å². The largest absolute Gasteiger partial charge is 0.287 e. The van der Waals surface area contributed by atoms with Gasteiger partial charge in [-0.05, 0) is 40.5 Å². The van der Waals surface area contributed by atoms with Crippen LogP contribution in [0.4, 0.5) is 0 Å². The fraction of sp³-hybridized carbons (Fsp3) is 0.231. The number of aryl methyl sites for hydroxylation is 1. The highest BCUT2D eigenvalue weighted by Gasteiger charge is 2.21. The van der Waals surface area contributed by atoms with Crippen molar-refractivity contribution in [1.29, 1.82) is 0 Å². The molecule has 0 atom stereocenters. The fourth-order valence-electron chi connectivity index (χ4n) is 1.77. The molecule has 0 bridgehead atoms. The zero-order valence-corrected chi connectivity index (χ0v) is 14.1. The summed E-state index contributed by atoms with van der Waals surface area (Å²) < 4.78 is 3.20. The first-order valence-corrected chi connectivity index (χ1v) is 7.72. The molecule has 0 saturated carbocycles. The summed E-state index contributed by atoms with van der Waals surface area (Å²) in [5.74, 6) is -0.135. The van der Waals surface area contributed by atoms with Crippen LogP contribution in [0.25, 0.3) is 0 Å². The van der Waals surface area contributed by atoms with Gasteiger partial charge in [-0.1, -0.05) is 34.5 Å². The van der Waals surface area contributed by atoms with E-state index in [1.165, 1.54) is 0 Å². The Bertz CT molecular complexity index is 625. The number of ketones is 1. The number of carbonyl (C=O) groups is 1. The number of carbonyl (C=O) groups excluding carboxylic acids is 1. The zero-order chi connectivity index (χ0) is 14.0. The molecular formula is C13H11Br2ClN2O. The summed E-state index contributed by atoms with van der Waals surface area (Å²) in [6.45, 7) is 2.73. The van der Waals surface area contributed by atoms with Crippen molar-refractivity contribution in [3.05, 3.63) is 49.6 Å². The standard InChI is InChI=1S/C13H11Br2ClN2O/c1-2-5-18-12(10(15)7-17-18)13(19)9-6-8(14)3-4-11(9)16/h3-4,6-7H,2,5H2,1H3. The molecule has 0 radical (unpaired) electrons. The second kappa shape index (κ2) is 6.20. The molecule has 0 aliphatic carbocycles. The molecule has 0 spiro atoms. The zero-order valence-electron chi connectivity index (χ0n) is 10.2. The first-order chi connectivity index (χ1) is 9.04. The molecule has 0 N–H and O–H groups in total. The SMILES string of the molecule is CCCn1ncc(Br)c1C(=O)c1cc(Br)ccc1Cl. The summed E-state index contributed by atoms with van der Waals surface area (Å²) in [7, 11) is 0. The summed E-state index contributed by atoms with van der Waals surface area (Å²) in [6.07, 6.45) is 2.54. The van der Waals surface area contributed by atoms with Crippen molar-refractivity contribution >= 4 is 49.2 Å². The highest BCUT2D eigenvalue weighted by atomic mass is 79.9. The molecule has 1 aromatic carbocycles. The highest BCUT2D eigenvalue weighted by Crippen LogP contribution is 2.26. The molecule has 2 aromatic rings. The van der Waals surface area contributed by atoms with Gasteiger partial charge in [0.25, 0.3) is 0 Å². The molecule has 0 amide bonds. The Morgan fingerprint density at radius 2 is 2.16 bits per heavy atom. The summed E-state index contributed by atoms with van der Waals surface area (Å²) in [4.78, 5) is 12.6. The van der Waals surface area contributed by atoms with Crippen LogP contribution in [0, 0.1) is 0 Å². The predicted octanol–water partition coefficient (Wildman–Crippen LogP) is 4.70. The van der Waals surface area contributed by atoms with E-state index in [1.54, 1.807) is 29.1 Å². The van der Waals surface area contributed by atoms with E-state index in [-0.39, 0.29) is 5.78 Å². The molecular weight excluding hydrogens is 395 g/mol. The number of aromatic nitrogens is 2. The minimum Gasteiger partial charge on any atom is -0.287 e. The van der Waals surface area contributed by atoms with Crippen molar-refractivity contribution in [2.24, 2.45) is 0 Å². The van der Waals surface area contributed by atoms with Crippen LogP contribution in [0.5, 0.6) is 0 Å².